The maximum atomic E-state index is 12.1. The second-order valence-electron chi connectivity index (χ2n) is 4.57. The van der Waals surface area contributed by atoms with Crippen LogP contribution in [0.2, 0.25) is 5.02 Å². The van der Waals surface area contributed by atoms with Crippen molar-refractivity contribution < 1.29 is 4.79 Å². The Morgan fingerprint density at radius 1 is 1.47 bits per heavy atom. The molecule has 0 radical (unpaired) electrons. The van der Waals surface area contributed by atoms with Crippen molar-refractivity contribution in [1.29, 1.82) is 0 Å². The van der Waals surface area contributed by atoms with E-state index in [1.807, 2.05) is 18.2 Å². The van der Waals surface area contributed by atoms with E-state index >= 15 is 0 Å². The van der Waals surface area contributed by atoms with Gasteiger partial charge in [-0.3, -0.25) is 4.79 Å². The van der Waals surface area contributed by atoms with Gasteiger partial charge in [0.2, 0.25) is 5.91 Å². The number of nitrogens with zero attached hydrogens (tertiary/aromatic N) is 1. The maximum absolute atomic E-state index is 12.1. The highest BCUT2D eigenvalue weighted by Gasteiger charge is 2.24. The summed E-state index contributed by atoms with van der Waals surface area (Å²) in [4.78, 5) is 14.3. The molecule has 1 heterocycles. The molecule has 4 heteroatoms. The molecule has 1 amide bonds. The van der Waals surface area contributed by atoms with E-state index in [0.717, 1.165) is 25.9 Å². The minimum Gasteiger partial charge on any atom is -0.324 e. The second kappa shape index (κ2) is 5.52. The van der Waals surface area contributed by atoms with E-state index in [-0.39, 0.29) is 11.8 Å². The Balaban J connectivity index is 1.99. The SMILES string of the molecule is CN1CCCC(C(=O)Nc2ccccc2Cl)C1. The Hall–Kier alpha value is -1.06. The zero-order valence-electron chi connectivity index (χ0n) is 9.95. The quantitative estimate of drug-likeness (QED) is 0.878. The van der Waals surface area contributed by atoms with Crippen LogP contribution in [-0.4, -0.2) is 30.9 Å². The van der Waals surface area contributed by atoms with Gasteiger partial charge in [-0.25, -0.2) is 0 Å². The van der Waals surface area contributed by atoms with Gasteiger partial charge in [0.15, 0.2) is 0 Å². The number of piperidine rings is 1. The lowest BCUT2D eigenvalue weighted by Gasteiger charge is -2.28. The van der Waals surface area contributed by atoms with Crippen molar-refractivity contribution in [2.24, 2.45) is 5.92 Å². The summed E-state index contributed by atoms with van der Waals surface area (Å²) in [5, 5.41) is 3.49. The van der Waals surface area contributed by atoms with Crippen molar-refractivity contribution in [2.45, 2.75) is 12.8 Å². The Kier molecular flexibility index (Phi) is 4.02. The van der Waals surface area contributed by atoms with Crippen LogP contribution in [0.3, 0.4) is 0 Å². The van der Waals surface area contributed by atoms with Crippen LogP contribution in [0.5, 0.6) is 0 Å². The van der Waals surface area contributed by atoms with Gasteiger partial charge in [0.05, 0.1) is 16.6 Å². The van der Waals surface area contributed by atoms with Crippen LogP contribution in [0.15, 0.2) is 24.3 Å². The van der Waals surface area contributed by atoms with E-state index in [1.165, 1.54) is 0 Å². The van der Waals surface area contributed by atoms with Gasteiger partial charge in [0, 0.05) is 6.54 Å². The third-order valence-electron chi connectivity index (χ3n) is 3.13. The predicted molar refractivity (Wildman–Crippen MR) is 70.3 cm³/mol. The molecular formula is C13H17ClN2O. The molecule has 1 atom stereocenters. The first-order chi connectivity index (χ1) is 8.16. The number of carbonyl (C=O) groups excluding carboxylic acids is 1. The molecule has 92 valence electrons. The summed E-state index contributed by atoms with van der Waals surface area (Å²) in [6.07, 6.45) is 2.04. The van der Waals surface area contributed by atoms with Crippen LogP contribution in [0.4, 0.5) is 5.69 Å². The number of rotatable bonds is 2. The molecule has 1 aromatic carbocycles. The van der Waals surface area contributed by atoms with Gasteiger partial charge in [-0.1, -0.05) is 23.7 Å². The lowest BCUT2D eigenvalue weighted by molar-refractivity contribution is -0.121. The first-order valence-corrected chi connectivity index (χ1v) is 6.28. The monoisotopic (exact) mass is 252 g/mol. The van der Waals surface area contributed by atoms with Gasteiger partial charge >= 0.3 is 0 Å². The van der Waals surface area contributed by atoms with Gasteiger partial charge in [-0.2, -0.15) is 0 Å². The minimum atomic E-state index is 0.0738. The highest BCUT2D eigenvalue weighted by atomic mass is 35.5. The molecule has 0 spiro atoms. The molecule has 1 aromatic rings. The van der Waals surface area contributed by atoms with Crippen molar-refractivity contribution in [2.75, 3.05) is 25.5 Å². The van der Waals surface area contributed by atoms with Gasteiger partial charge < -0.3 is 10.2 Å². The number of hydrogen-bond acceptors (Lipinski definition) is 2. The molecule has 1 aliphatic heterocycles. The standard InChI is InChI=1S/C13H17ClN2O/c1-16-8-4-5-10(9-16)13(17)15-12-7-3-2-6-11(12)14/h2-3,6-7,10H,4-5,8-9H2,1H3,(H,15,17). The third kappa shape index (κ3) is 3.20. The zero-order chi connectivity index (χ0) is 12.3. The molecule has 2 rings (SSSR count). The molecular weight excluding hydrogens is 236 g/mol. The summed E-state index contributed by atoms with van der Waals surface area (Å²) >= 11 is 6.01. The fraction of sp³-hybridized carbons (Fsp3) is 0.462. The van der Waals surface area contributed by atoms with E-state index < -0.39 is 0 Å². The van der Waals surface area contributed by atoms with Gasteiger partial charge in [-0.05, 0) is 38.6 Å². The van der Waals surface area contributed by atoms with Crippen LogP contribution >= 0.6 is 11.6 Å². The third-order valence-corrected chi connectivity index (χ3v) is 3.46. The molecule has 1 fully saturated rings. The topological polar surface area (TPSA) is 32.3 Å². The van der Waals surface area contributed by atoms with E-state index in [9.17, 15) is 4.79 Å². The van der Waals surface area contributed by atoms with Crippen LogP contribution in [0, 0.1) is 5.92 Å². The average Bonchev–Trinajstić information content (AvgIpc) is 2.32. The Bertz CT molecular complexity index is 408. The summed E-state index contributed by atoms with van der Waals surface area (Å²) in [5.41, 5.74) is 0.701. The van der Waals surface area contributed by atoms with E-state index in [1.54, 1.807) is 6.07 Å². The average molecular weight is 253 g/mol. The lowest BCUT2D eigenvalue weighted by Crippen LogP contribution is -2.38. The van der Waals surface area contributed by atoms with E-state index in [2.05, 4.69) is 17.3 Å². The van der Waals surface area contributed by atoms with Crippen LogP contribution in [-0.2, 0) is 4.79 Å². The minimum absolute atomic E-state index is 0.0738. The first-order valence-electron chi connectivity index (χ1n) is 5.91. The molecule has 17 heavy (non-hydrogen) atoms. The van der Waals surface area contributed by atoms with Crippen molar-refractivity contribution in [3.05, 3.63) is 29.3 Å². The van der Waals surface area contributed by atoms with Crippen molar-refractivity contribution >= 4 is 23.2 Å². The molecule has 0 saturated carbocycles. The van der Waals surface area contributed by atoms with E-state index in [4.69, 9.17) is 11.6 Å². The number of nitrogens with one attached hydrogen (secondary N) is 1. The van der Waals surface area contributed by atoms with Crippen molar-refractivity contribution in [3.8, 4) is 0 Å². The molecule has 1 N–H and O–H groups in total. The maximum Gasteiger partial charge on any atom is 0.228 e. The van der Waals surface area contributed by atoms with Crippen molar-refractivity contribution in [1.82, 2.24) is 4.90 Å². The van der Waals surface area contributed by atoms with Gasteiger partial charge in [0.25, 0.3) is 0 Å². The summed E-state index contributed by atoms with van der Waals surface area (Å²) < 4.78 is 0. The summed E-state index contributed by atoms with van der Waals surface area (Å²) in [7, 11) is 2.05. The molecule has 0 bridgehead atoms. The fourth-order valence-corrected chi connectivity index (χ4v) is 2.36. The Morgan fingerprint density at radius 2 is 2.24 bits per heavy atom. The molecule has 1 saturated heterocycles. The number of anilines is 1. The van der Waals surface area contributed by atoms with Crippen LogP contribution in [0.1, 0.15) is 12.8 Å². The van der Waals surface area contributed by atoms with Gasteiger partial charge in [-0.15, -0.1) is 0 Å². The molecule has 1 aliphatic rings. The number of para-hydroxylation sites is 1. The number of halogens is 1. The fourth-order valence-electron chi connectivity index (χ4n) is 2.18. The first kappa shape index (κ1) is 12.4. The zero-order valence-corrected chi connectivity index (χ0v) is 10.7. The smallest absolute Gasteiger partial charge is 0.228 e. The highest BCUT2D eigenvalue weighted by molar-refractivity contribution is 6.33. The van der Waals surface area contributed by atoms with Crippen molar-refractivity contribution in [3.63, 3.8) is 0 Å². The molecule has 0 aromatic heterocycles. The highest BCUT2D eigenvalue weighted by Crippen LogP contribution is 2.23. The number of carbonyl (C=O) groups is 1. The number of benzene rings is 1. The number of likely N-dealkylation sites (tertiary alicyclic amines) is 1. The summed E-state index contributed by atoms with van der Waals surface area (Å²) in [6, 6.07) is 7.33. The van der Waals surface area contributed by atoms with E-state index in [0.29, 0.717) is 10.7 Å². The second-order valence-corrected chi connectivity index (χ2v) is 4.98. The molecule has 1 unspecified atom stereocenters. The largest absolute Gasteiger partial charge is 0.324 e. The Labute approximate surface area is 107 Å². The summed E-state index contributed by atoms with van der Waals surface area (Å²) in [5.74, 6) is 0.148. The number of amides is 1. The lowest BCUT2D eigenvalue weighted by atomic mass is 9.97. The van der Waals surface area contributed by atoms with Crippen LogP contribution in [0.25, 0.3) is 0 Å². The summed E-state index contributed by atoms with van der Waals surface area (Å²) in [6.45, 7) is 1.91. The number of hydrogen-bond donors (Lipinski definition) is 1. The van der Waals surface area contributed by atoms with Crippen LogP contribution < -0.4 is 5.32 Å². The molecule has 0 aliphatic carbocycles. The predicted octanol–water partition coefficient (Wildman–Crippen LogP) is 2.62. The normalized spacial score (nSPS) is 21.2. The van der Waals surface area contributed by atoms with Gasteiger partial charge in [0.1, 0.15) is 0 Å². The molecule has 3 nitrogen and oxygen atoms in total. The Morgan fingerprint density at radius 3 is 2.94 bits per heavy atom.